The van der Waals surface area contributed by atoms with Gasteiger partial charge in [-0.3, -0.25) is 9.48 Å². The van der Waals surface area contributed by atoms with Crippen LogP contribution < -0.4 is 10.1 Å². The molecule has 0 aliphatic rings. The van der Waals surface area contributed by atoms with Crippen molar-refractivity contribution >= 4 is 27.3 Å². The van der Waals surface area contributed by atoms with Crippen LogP contribution in [0.2, 0.25) is 5.02 Å². The van der Waals surface area contributed by atoms with Gasteiger partial charge in [0.1, 0.15) is 15.6 Å². The lowest BCUT2D eigenvalue weighted by Crippen LogP contribution is -2.34. The van der Waals surface area contributed by atoms with Crippen molar-refractivity contribution in [3.63, 3.8) is 0 Å². The molecular formula is C27H39ClF3N3O5S. The Labute approximate surface area is 239 Å². The number of carbonyl (C=O) groups is 1. The molecule has 2 rings (SSSR count). The first-order chi connectivity index (χ1) is 18.5. The lowest BCUT2D eigenvalue weighted by Gasteiger charge is -2.28. The number of methoxy groups -OCH3 is 2. The predicted octanol–water partition coefficient (Wildman–Crippen LogP) is 5.57. The molecule has 13 heteroatoms. The van der Waals surface area contributed by atoms with E-state index in [9.17, 15) is 26.4 Å². The largest absolute Gasteiger partial charge is 0.496 e. The molecule has 8 nitrogen and oxygen atoms in total. The van der Waals surface area contributed by atoms with Crippen LogP contribution >= 0.6 is 11.6 Å². The van der Waals surface area contributed by atoms with E-state index in [4.69, 9.17) is 21.1 Å². The van der Waals surface area contributed by atoms with E-state index in [1.165, 1.54) is 31.2 Å². The number of hydrogen-bond acceptors (Lipinski definition) is 6. The van der Waals surface area contributed by atoms with Gasteiger partial charge < -0.3 is 14.8 Å². The number of sulfone groups is 1. The summed E-state index contributed by atoms with van der Waals surface area (Å²) in [5.41, 5.74) is -0.674. The van der Waals surface area contributed by atoms with Gasteiger partial charge in [-0.25, -0.2) is 8.42 Å². The minimum atomic E-state index is -4.38. The molecule has 0 unspecified atom stereocenters. The highest BCUT2D eigenvalue weighted by Crippen LogP contribution is 2.42. The molecule has 2 aromatic rings. The third kappa shape index (κ3) is 9.10. The number of amides is 1. The molecule has 1 amide bonds. The Hall–Kier alpha value is -2.31. The molecule has 0 saturated heterocycles. The molecule has 1 N–H and O–H groups in total. The summed E-state index contributed by atoms with van der Waals surface area (Å²) in [5.74, 6) is -0.0374. The topological polar surface area (TPSA) is 99.5 Å². The van der Waals surface area contributed by atoms with Gasteiger partial charge in [0, 0.05) is 31.2 Å². The number of benzene rings is 1. The van der Waals surface area contributed by atoms with Crippen LogP contribution in [0.25, 0.3) is 11.3 Å². The van der Waals surface area contributed by atoms with E-state index in [1.807, 2.05) is 6.92 Å². The Morgan fingerprint density at radius 1 is 1.23 bits per heavy atom. The van der Waals surface area contributed by atoms with Crippen LogP contribution in [0.1, 0.15) is 56.1 Å². The first kappa shape index (κ1) is 33.9. The fourth-order valence-corrected chi connectivity index (χ4v) is 5.25. The monoisotopic (exact) mass is 609 g/mol. The molecule has 1 aromatic carbocycles. The summed E-state index contributed by atoms with van der Waals surface area (Å²) in [6.45, 7) is 5.10. The smallest absolute Gasteiger partial charge is 0.394 e. The molecule has 0 fully saturated rings. The standard InChI is InChI=1S/C27H39ClF3N3O5S/c1-7-18(9-8-14-40(6,36)37)17-32-25(35)23-22(28)24(34(33-23)12-13-38-4)20-11-10-19(15-21(20)39-5)16-26(2,3)27(29,30)31/h10-11,15,18H,7-9,12-14,16-17H2,1-6H3,(H,32,35)/t18-/m1/s1. The maximum absolute atomic E-state index is 13.5. The zero-order chi connectivity index (χ0) is 30.3. The van der Waals surface area contributed by atoms with E-state index in [2.05, 4.69) is 10.4 Å². The van der Waals surface area contributed by atoms with E-state index in [1.54, 1.807) is 12.1 Å². The van der Waals surface area contributed by atoms with E-state index in [0.29, 0.717) is 42.0 Å². The van der Waals surface area contributed by atoms with Gasteiger partial charge in [-0.15, -0.1) is 0 Å². The summed E-state index contributed by atoms with van der Waals surface area (Å²) in [6.07, 6.45) is -1.55. The van der Waals surface area contributed by atoms with Crippen LogP contribution in [0.15, 0.2) is 18.2 Å². The average molecular weight is 610 g/mol. The molecule has 0 spiro atoms. The summed E-state index contributed by atoms with van der Waals surface area (Å²) >= 11 is 6.70. The first-order valence-corrected chi connectivity index (χ1v) is 15.4. The highest BCUT2D eigenvalue weighted by atomic mass is 35.5. The summed E-state index contributed by atoms with van der Waals surface area (Å²) in [6, 6.07) is 4.73. The second-order valence-corrected chi connectivity index (χ2v) is 13.2. The van der Waals surface area contributed by atoms with Crippen molar-refractivity contribution in [1.82, 2.24) is 15.1 Å². The summed E-state index contributed by atoms with van der Waals surface area (Å²) < 4.78 is 75.4. The highest BCUT2D eigenvalue weighted by Gasteiger charge is 2.47. The Kier molecular flexibility index (Phi) is 11.9. The minimum Gasteiger partial charge on any atom is -0.496 e. The second-order valence-electron chi connectivity index (χ2n) is 10.6. The normalized spacial score (nSPS) is 13.3. The number of nitrogens with one attached hydrogen (secondary N) is 1. The molecule has 0 radical (unpaired) electrons. The van der Waals surface area contributed by atoms with Crippen LogP contribution in [0, 0.1) is 11.3 Å². The summed E-state index contributed by atoms with van der Waals surface area (Å²) in [5, 5.41) is 7.34. The van der Waals surface area contributed by atoms with Crippen molar-refractivity contribution in [2.45, 2.75) is 59.2 Å². The van der Waals surface area contributed by atoms with E-state index < -0.39 is 27.3 Å². The van der Waals surface area contributed by atoms with Crippen molar-refractivity contribution in [3.05, 3.63) is 34.5 Å². The van der Waals surface area contributed by atoms with E-state index in [0.717, 1.165) is 20.3 Å². The van der Waals surface area contributed by atoms with Crippen LogP contribution in [0.5, 0.6) is 5.75 Å². The molecule has 0 bridgehead atoms. The van der Waals surface area contributed by atoms with Crippen molar-refractivity contribution < 1.29 is 35.9 Å². The number of rotatable bonds is 15. The molecule has 1 aromatic heterocycles. The predicted molar refractivity (Wildman–Crippen MR) is 150 cm³/mol. The fraction of sp³-hybridized carbons (Fsp3) is 0.630. The molecule has 0 aliphatic carbocycles. The maximum atomic E-state index is 13.5. The van der Waals surface area contributed by atoms with Gasteiger partial charge in [0.05, 0.1) is 36.4 Å². The van der Waals surface area contributed by atoms with Crippen LogP contribution in [0.3, 0.4) is 0 Å². The number of halogens is 4. The molecule has 40 heavy (non-hydrogen) atoms. The van der Waals surface area contributed by atoms with Crippen LogP contribution in [-0.2, 0) is 27.5 Å². The minimum absolute atomic E-state index is 0.0110. The SMILES string of the molecule is CC[C@H](CCCS(C)(=O)=O)CNC(=O)c1nn(CCOC)c(-c2ccc(CC(C)(C)C(F)(F)F)cc2OC)c1Cl. The number of alkyl halides is 3. The maximum Gasteiger partial charge on any atom is 0.394 e. The van der Waals surface area contributed by atoms with Crippen molar-refractivity contribution in [2.24, 2.45) is 11.3 Å². The van der Waals surface area contributed by atoms with Gasteiger partial charge in [0.15, 0.2) is 5.69 Å². The van der Waals surface area contributed by atoms with Crippen LogP contribution in [0.4, 0.5) is 13.2 Å². The molecule has 1 atom stereocenters. The van der Waals surface area contributed by atoms with Gasteiger partial charge in [-0.2, -0.15) is 18.3 Å². The Bertz CT molecular complexity index is 1260. The Morgan fingerprint density at radius 2 is 1.90 bits per heavy atom. The number of hydrogen-bond donors (Lipinski definition) is 1. The van der Waals surface area contributed by atoms with Crippen molar-refractivity contribution in [2.75, 3.05) is 39.4 Å². The quantitative estimate of drug-likeness (QED) is 0.283. The highest BCUT2D eigenvalue weighted by molar-refractivity contribution is 7.90. The number of carbonyl (C=O) groups excluding carboxylic acids is 1. The van der Waals surface area contributed by atoms with Gasteiger partial charge in [-0.1, -0.05) is 44.9 Å². The molecule has 0 saturated carbocycles. The molecule has 0 aliphatic heterocycles. The van der Waals surface area contributed by atoms with Crippen LogP contribution in [-0.4, -0.2) is 69.7 Å². The van der Waals surface area contributed by atoms with Gasteiger partial charge in [0.2, 0.25) is 0 Å². The van der Waals surface area contributed by atoms with Crippen molar-refractivity contribution in [3.8, 4) is 17.0 Å². The van der Waals surface area contributed by atoms with E-state index >= 15 is 0 Å². The molecule has 1 heterocycles. The zero-order valence-corrected chi connectivity index (χ0v) is 25.4. The lowest BCUT2D eigenvalue weighted by atomic mass is 9.84. The summed E-state index contributed by atoms with van der Waals surface area (Å²) in [4.78, 5) is 13.1. The van der Waals surface area contributed by atoms with Gasteiger partial charge in [0.25, 0.3) is 5.91 Å². The van der Waals surface area contributed by atoms with E-state index in [-0.39, 0.29) is 42.0 Å². The Morgan fingerprint density at radius 3 is 2.45 bits per heavy atom. The Balaban J connectivity index is 2.36. The number of ether oxygens (including phenoxy) is 2. The number of aromatic nitrogens is 2. The summed E-state index contributed by atoms with van der Waals surface area (Å²) in [7, 11) is -0.131. The van der Waals surface area contributed by atoms with Crippen molar-refractivity contribution in [1.29, 1.82) is 0 Å². The van der Waals surface area contributed by atoms with Gasteiger partial charge in [-0.05, 0) is 42.9 Å². The molecule has 226 valence electrons. The lowest BCUT2D eigenvalue weighted by molar-refractivity contribution is -0.211. The number of nitrogens with zero attached hydrogens (tertiary/aromatic N) is 2. The average Bonchev–Trinajstić information content (AvgIpc) is 3.18. The third-order valence-corrected chi connectivity index (χ3v) is 8.20. The fourth-order valence-electron chi connectivity index (χ4n) is 4.24. The third-order valence-electron chi connectivity index (χ3n) is 6.81. The molecular weight excluding hydrogens is 571 g/mol. The second kappa shape index (κ2) is 14.0. The van der Waals surface area contributed by atoms with Gasteiger partial charge >= 0.3 is 6.18 Å². The zero-order valence-electron chi connectivity index (χ0n) is 23.8. The first-order valence-electron chi connectivity index (χ1n) is 13.0.